The van der Waals surface area contributed by atoms with Gasteiger partial charge in [0.15, 0.2) is 17.3 Å². The molecule has 1 fully saturated rings. The van der Waals surface area contributed by atoms with Gasteiger partial charge in [-0.2, -0.15) is 0 Å². The number of carbonyl (C=O) groups excluding carboxylic acids is 1. The molecular weight excluding hydrogens is 394 g/mol. The molecule has 4 nitrogen and oxygen atoms in total. The van der Waals surface area contributed by atoms with E-state index in [9.17, 15) is 4.79 Å². The highest BCUT2D eigenvalue weighted by molar-refractivity contribution is 9.10. The van der Waals surface area contributed by atoms with Crippen LogP contribution in [0.5, 0.6) is 11.5 Å². The molecule has 3 atom stereocenters. The first-order chi connectivity index (χ1) is 12.6. The van der Waals surface area contributed by atoms with Gasteiger partial charge in [-0.25, -0.2) is 0 Å². The molecule has 1 saturated carbocycles. The molecular formula is C21H20BrNO3. The minimum Gasteiger partial charge on any atom is -0.454 e. The molecule has 2 aliphatic heterocycles. The summed E-state index contributed by atoms with van der Waals surface area (Å²) >= 11 is 3.73. The minimum atomic E-state index is 0.128. The van der Waals surface area contributed by atoms with Crippen LogP contribution in [0.4, 0.5) is 5.69 Å². The van der Waals surface area contributed by atoms with Crippen molar-refractivity contribution in [1.82, 2.24) is 0 Å². The number of halogens is 1. The van der Waals surface area contributed by atoms with E-state index < -0.39 is 0 Å². The number of anilines is 1. The highest BCUT2D eigenvalue weighted by Crippen LogP contribution is 2.54. The molecule has 134 valence electrons. The van der Waals surface area contributed by atoms with E-state index in [0.29, 0.717) is 11.8 Å². The highest BCUT2D eigenvalue weighted by atomic mass is 79.9. The van der Waals surface area contributed by atoms with Gasteiger partial charge < -0.3 is 14.8 Å². The average Bonchev–Trinajstić information content (AvgIpc) is 3.29. The Morgan fingerprint density at radius 2 is 1.92 bits per heavy atom. The van der Waals surface area contributed by atoms with E-state index in [0.717, 1.165) is 27.2 Å². The lowest BCUT2D eigenvalue weighted by molar-refractivity contribution is 0.101. The van der Waals surface area contributed by atoms with Crippen molar-refractivity contribution in [2.45, 2.75) is 38.1 Å². The molecule has 1 aliphatic carbocycles. The van der Waals surface area contributed by atoms with Crippen LogP contribution in [0.15, 0.2) is 34.8 Å². The van der Waals surface area contributed by atoms with E-state index in [2.05, 4.69) is 39.4 Å². The van der Waals surface area contributed by atoms with Crippen molar-refractivity contribution < 1.29 is 14.3 Å². The van der Waals surface area contributed by atoms with Crippen molar-refractivity contribution in [2.24, 2.45) is 5.92 Å². The van der Waals surface area contributed by atoms with Crippen LogP contribution in [0.3, 0.4) is 0 Å². The van der Waals surface area contributed by atoms with Crippen molar-refractivity contribution in [1.29, 1.82) is 0 Å². The highest BCUT2D eigenvalue weighted by Gasteiger charge is 2.41. The summed E-state index contributed by atoms with van der Waals surface area (Å²) in [5.41, 5.74) is 4.47. The monoisotopic (exact) mass is 413 g/mol. The number of rotatable bonds is 2. The number of hydrogen-bond acceptors (Lipinski definition) is 4. The molecule has 1 N–H and O–H groups in total. The average molecular weight is 414 g/mol. The molecule has 2 heterocycles. The van der Waals surface area contributed by atoms with E-state index in [4.69, 9.17) is 9.47 Å². The first-order valence-corrected chi connectivity index (χ1v) is 9.91. The Morgan fingerprint density at radius 1 is 1.12 bits per heavy atom. The van der Waals surface area contributed by atoms with E-state index in [1.807, 2.05) is 12.1 Å². The normalized spacial score (nSPS) is 25.4. The van der Waals surface area contributed by atoms with Crippen LogP contribution in [0.1, 0.15) is 59.6 Å². The zero-order valence-corrected chi connectivity index (χ0v) is 16.1. The Bertz CT molecular complexity index is 910. The van der Waals surface area contributed by atoms with E-state index >= 15 is 0 Å². The molecule has 0 bridgehead atoms. The van der Waals surface area contributed by atoms with Gasteiger partial charge in [-0.15, -0.1) is 0 Å². The molecule has 0 unspecified atom stereocenters. The summed E-state index contributed by atoms with van der Waals surface area (Å²) in [5.74, 6) is 2.75. The van der Waals surface area contributed by atoms with Crippen LogP contribution in [-0.2, 0) is 0 Å². The second-order valence-electron chi connectivity index (χ2n) is 7.41. The molecule has 0 radical (unpaired) electrons. The topological polar surface area (TPSA) is 47.6 Å². The second-order valence-corrected chi connectivity index (χ2v) is 8.26. The number of nitrogens with one attached hydrogen (secondary N) is 1. The molecule has 3 aliphatic rings. The molecule has 2 aromatic carbocycles. The molecule has 2 aromatic rings. The summed E-state index contributed by atoms with van der Waals surface area (Å²) in [4.78, 5) is 11.8. The first-order valence-electron chi connectivity index (χ1n) is 9.12. The largest absolute Gasteiger partial charge is 0.454 e. The maximum atomic E-state index is 11.8. The van der Waals surface area contributed by atoms with Gasteiger partial charge in [0.1, 0.15) is 0 Å². The standard InChI is InChI=1S/C21H20BrNO3/c1-11(24)12-5-6-18-15(7-12)13-3-2-4-14(13)21(23-18)16-8-19-20(9-17(16)22)26-10-25-19/h5-9,13-14,21,23H,2-4,10H2,1H3/t13-,14+,21-/m1/s1. The van der Waals surface area contributed by atoms with Gasteiger partial charge in [0.25, 0.3) is 0 Å². The van der Waals surface area contributed by atoms with Gasteiger partial charge in [-0.05, 0) is 73.1 Å². The van der Waals surface area contributed by atoms with Crippen molar-refractivity contribution in [3.05, 3.63) is 51.5 Å². The van der Waals surface area contributed by atoms with E-state index in [1.54, 1.807) is 6.92 Å². The number of carbonyl (C=O) groups is 1. The number of hydrogen-bond donors (Lipinski definition) is 1. The van der Waals surface area contributed by atoms with Crippen molar-refractivity contribution >= 4 is 27.4 Å². The minimum absolute atomic E-state index is 0.128. The Hall–Kier alpha value is -2.01. The number of benzene rings is 2. The number of ketones is 1. The first kappa shape index (κ1) is 16.2. The lowest BCUT2D eigenvalue weighted by Crippen LogP contribution is -2.29. The van der Waals surface area contributed by atoms with Gasteiger partial charge >= 0.3 is 0 Å². The summed E-state index contributed by atoms with van der Waals surface area (Å²) in [6.45, 7) is 1.92. The van der Waals surface area contributed by atoms with Crippen LogP contribution < -0.4 is 14.8 Å². The van der Waals surface area contributed by atoms with Gasteiger partial charge in [0.2, 0.25) is 6.79 Å². The van der Waals surface area contributed by atoms with Crippen LogP contribution in [0, 0.1) is 5.92 Å². The van der Waals surface area contributed by atoms with Crippen LogP contribution >= 0.6 is 15.9 Å². The van der Waals surface area contributed by atoms with Gasteiger partial charge in [0, 0.05) is 15.7 Å². The third-order valence-electron chi connectivity index (χ3n) is 5.99. The second kappa shape index (κ2) is 6.02. The van der Waals surface area contributed by atoms with E-state index in [1.165, 1.54) is 30.4 Å². The smallest absolute Gasteiger partial charge is 0.231 e. The molecule has 5 heteroatoms. The lowest BCUT2D eigenvalue weighted by Gasteiger charge is -2.38. The number of fused-ring (bicyclic) bond motifs is 4. The third-order valence-corrected chi connectivity index (χ3v) is 6.68. The van der Waals surface area contributed by atoms with Gasteiger partial charge in [-0.3, -0.25) is 4.79 Å². The Kier molecular flexibility index (Phi) is 3.74. The molecule has 0 amide bonds. The fourth-order valence-corrected chi connectivity index (χ4v) is 5.32. The quantitative estimate of drug-likeness (QED) is 0.666. The Balaban J connectivity index is 1.59. The summed E-state index contributed by atoms with van der Waals surface area (Å²) in [6.07, 6.45) is 3.59. The van der Waals surface area contributed by atoms with E-state index in [-0.39, 0.29) is 18.6 Å². The predicted octanol–water partition coefficient (Wildman–Crippen LogP) is 5.43. The molecule has 0 spiro atoms. The predicted molar refractivity (Wildman–Crippen MR) is 103 cm³/mol. The zero-order chi connectivity index (χ0) is 17.8. The Morgan fingerprint density at radius 3 is 2.73 bits per heavy atom. The summed E-state index contributed by atoms with van der Waals surface area (Å²) < 4.78 is 12.1. The number of ether oxygens (including phenoxy) is 2. The molecule has 5 rings (SSSR count). The fourth-order valence-electron chi connectivity index (χ4n) is 4.75. The maximum Gasteiger partial charge on any atom is 0.231 e. The lowest BCUT2D eigenvalue weighted by atomic mass is 9.77. The molecule has 0 aromatic heterocycles. The van der Waals surface area contributed by atoms with Gasteiger partial charge in [-0.1, -0.05) is 22.4 Å². The summed E-state index contributed by atoms with van der Waals surface area (Å²) in [5, 5.41) is 3.75. The fraction of sp³-hybridized carbons (Fsp3) is 0.381. The SMILES string of the molecule is CC(=O)c1ccc2c(c1)[C@@H]1CCC[C@@H]1[C@H](c1cc3c(cc1Br)OCO3)N2. The molecule has 0 saturated heterocycles. The third kappa shape index (κ3) is 2.44. The zero-order valence-electron chi connectivity index (χ0n) is 14.5. The van der Waals surface area contributed by atoms with Crippen LogP contribution in [-0.4, -0.2) is 12.6 Å². The van der Waals surface area contributed by atoms with Crippen molar-refractivity contribution in [3.8, 4) is 11.5 Å². The number of Topliss-reactive ketones (excluding diaryl/α,β-unsaturated/α-hetero) is 1. The maximum absolute atomic E-state index is 11.8. The summed E-state index contributed by atoms with van der Waals surface area (Å²) in [6, 6.07) is 10.4. The van der Waals surface area contributed by atoms with Crippen LogP contribution in [0.2, 0.25) is 0 Å². The van der Waals surface area contributed by atoms with Crippen molar-refractivity contribution in [2.75, 3.05) is 12.1 Å². The molecule has 26 heavy (non-hydrogen) atoms. The summed E-state index contributed by atoms with van der Waals surface area (Å²) in [7, 11) is 0. The van der Waals surface area contributed by atoms with Crippen LogP contribution in [0.25, 0.3) is 0 Å². The van der Waals surface area contributed by atoms with Crippen molar-refractivity contribution in [3.63, 3.8) is 0 Å². The Labute approximate surface area is 161 Å². The van der Waals surface area contributed by atoms with Gasteiger partial charge in [0.05, 0.1) is 6.04 Å².